The Bertz CT molecular complexity index is 843. The first-order valence-corrected chi connectivity index (χ1v) is 6.91. The zero-order valence-corrected chi connectivity index (χ0v) is 12.4. The summed E-state index contributed by atoms with van der Waals surface area (Å²) in [4.78, 5) is 11.2. The second-order valence-corrected chi connectivity index (χ2v) is 5.22. The number of aromatic nitrogens is 3. The molecule has 0 spiro atoms. The fraction of sp³-hybridized carbons (Fsp3) is 0.0625. The van der Waals surface area contributed by atoms with Gasteiger partial charge >= 0.3 is 0 Å². The lowest BCUT2D eigenvalue weighted by Crippen LogP contribution is -2.00. The van der Waals surface area contributed by atoms with Crippen LogP contribution in [0.2, 0.25) is 5.02 Å². The molecule has 3 aromatic rings. The molecule has 0 atom stereocenters. The van der Waals surface area contributed by atoms with Gasteiger partial charge in [-0.05, 0) is 25.1 Å². The van der Waals surface area contributed by atoms with Gasteiger partial charge in [-0.2, -0.15) is 0 Å². The molecule has 22 heavy (non-hydrogen) atoms. The summed E-state index contributed by atoms with van der Waals surface area (Å²) in [5.74, 6) is -0.516. The first-order valence-electron chi connectivity index (χ1n) is 6.53. The molecule has 0 amide bonds. The molecule has 6 heteroatoms. The monoisotopic (exact) mass is 315 g/mol. The van der Waals surface area contributed by atoms with E-state index in [1.54, 1.807) is 0 Å². The van der Waals surface area contributed by atoms with E-state index >= 15 is 0 Å². The first kappa shape index (κ1) is 14.4. The van der Waals surface area contributed by atoms with Gasteiger partial charge in [-0.1, -0.05) is 46.6 Å². The van der Waals surface area contributed by atoms with Crippen LogP contribution in [-0.2, 0) is 0 Å². The average molecular weight is 316 g/mol. The van der Waals surface area contributed by atoms with E-state index in [1.807, 2.05) is 31.2 Å². The van der Waals surface area contributed by atoms with E-state index in [4.69, 9.17) is 11.6 Å². The Morgan fingerprint density at radius 3 is 2.55 bits per heavy atom. The Hall–Kier alpha value is -2.53. The molecule has 1 aromatic heterocycles. The maximum atomic E-state index is 13.3. The molecule has 1 heterocycles. The van der Waals surface area contributed by atoms with Crippen LogP contribution in [0, 0.1) is 12.7 Å². The Morgan fingerprint density at radius 2 is 1.91 bits per heavy atom. The van der Waals surface area contributed by atoms with Gasteiger partial charge in [0.25, 0.3) is 0 Å². The van der Waals surface area contributed by atoms with Crippen molar-refractivity contribution in [2.45, 2.75) is 6.92 Å². The molecular formula is C16H11ClFN3O. The molecule has 4 nitrogen and oxygen atoms in total. The molecule has 0 N–H and O–H groups in total. The molecule has 0 unspecified atom stereocenters. The number of nitrogens with zero attached hydrogens (tertiary/aromatic N) is 3. The van der Waals surface area contributed by atoms with Gasteiger partial charge in [-0.25, -0.2) is 9.07 Å². The standard InChI is InChI=1S/C16H11ClFN3O/c1-10-2-4-11(5-3-10)16-15(9-22)19-20-21(16)12-6-7-14(18)13(17)8-12/h2-9H,1H3. The number of aldehydes is 1. The lowest BCUT2D eigenvalue weighted by molar-refractivity contribution is 0.111. The largest absolute Gasteiger partial charge is 0.296 e. The third-order valence-electron chi connectivity index (χ3n) is 3.28. The van der Waals surface area contributed by atoms with Gasteiger partial charge in [-0.3, -0.25) is 4.79 Å². The predicted molar refractivity (Wildman–Crippen MR) is 81.9 cm³/mol. The van der Waals surface area contributed by atoms with Crippen LogP contribution < -0.4 is 0 Å². The minimum Gasteiger partial charge on any atom is -0.296 e. The summed E-state index contributed by atoms with van der Waals surface area (Å²) in [5.41, 5.74) is 3.17. The molecule has 0 aliphatic carbocycles. The van der Waals surface area contributed by atoms with E-state index in [1.165, 1.54) is 22.9 Å². The third-order valence-corrected chi connectivity index (χ3v) is 3.57. The predicted octanol–water partition coefficient (Wildman–Crippen LogP) is 3.85. The van der Waals surface area contributed by atoms with Crippen molar-refractivity contribution in [1.29, 1.82) is 0 Å². The summed E-state index contributed by atoms with van der Waals surface area (Å²) in [6.07, 6.45) is 0.643. The Kier molecular flexibility index (Phi) is 3.73. The minimum atomic E-state index is -0.516. The maximum absolute atomic E-state index is 13.3. The number of halogens is 2. The highest BCUT2D eigenvalue weighted by Crippen LogP contribution is 2.26. The number of benzene rings is 2. The molecule has 0 radical (unpaired) electrons. The van der Waals surface area contributed by atoms with E-state index in [-0.39, 0.29) is 10.7 Å². The zero-order valence-electron chi connectivity index (χ0n) is 11.6. The summed E-state index contributed by atoms with van der Waals surface area (Å²) in [5, 5.41) is 7.83. The van der Waals surface area contributed by atoms with Crippen molar-refractivity contribution >= 4 is 17.9 Å². The minimum absolute atomic E-state index is 0.0180. The highest BCUT2D eigenvalue weighted by molar-refractivity contribution is 6.30. The summed E-state index contributed by atoms with van der Waals surface area (Å²) < 4.78 is 14.8. The van der Waals surface area contributed by atoms with Crippen molar-refractivity contribution in [1.82, 2.24) is 15.0 Å². The van der Waals surface area contributed by atoms with Crippen LogP contribution in [0.5, 0.6) is 0 Å². The summed E-state index contributed by atoms with van der Waals surface area (Å²) in [6, 6.07) is 11.8. The number of carbonyl (C=O) groups is 1. The number of hydrogen-bond donors (Lipinski definition) is 0. The lowest BCUT2D eigenvalue weighted by Gasteiger charge is -2.08. The van der Waals surface area contributed by atoms with Crippen LogP contribution in [-0.4, -0.2) is 21.3 Å². The van der Waals surface area contributed by atoms with Crippen molar-refractivity contribution < 1.29 is 9.18 Å². The summed E-state index contributed by atoms with van der Waals surface area (Å²) >= 11 is 5.82. The molecule has 3 rings (SSSR count). The van der Waals surface area contributed by atoms with Gasteiger partial charge in [0.2, 0.25) is 0 Å². The molecule has 0 aliphatic rings. The number of rotatable bonds is 3. The van der Waals surface area contributed by atoms with Crippen molar-refractivity contribution in [2.24, 2.45) is 0 Å². The SMILES string of the molecule is Cc1ccc(-c2c(C=O)nnn2-c2ccc(F)c(Cl)c2)cc1. The Morgan fingerprint density at radius 1 is 1.18 bits per heavy atom. The quantitative estimate of drug-likeness (QED) is 0.690. The van der Waals surface area contributed by atoms with Gasteiger partial charge in [-0.15, -0.1) is 5.10 Å². The average Bonchev–Trinajstić information content (AvgIpc) is 2.95. The van der Waals surface area contributed by atoms with E-state index in [2.05, 4.69) is 10.3 Å². The molecule has 110 valence electrons. The van der Waals surface area contributed by atoms with Gasteiger partial charge < -0.3 is 0 Å². The van der Waals surface area contributed by atoms with Crippen LogP contribution in [0.15, 0.2) is 42.5 Å². The number of carbonyl (C=O) groups excluding carboxylic acids is 1. The van der Waals surface area contributed by atoms with Gasteiger partial charge in [0, 0.05) is 5.56 Å². The van der Waals surface area contributed by atoms with E-state index in [0.717, 1.165) is 11.1 Å². The molecule has 0 saturated carbocycles. The van der Waals surface area contributed by atoms with Gasteiger partial charge in [0.15, 0.2) is 12.0 Å². The van der Waals surface area contributed by atoms with Crippen molar-refractivity contribution in [2.75, 3.05) is 0 Å². The summed E-state index contributed by atoms with van der Waals surface area (Å²) in [6.45, 7) is 1.97. The normalized spacial score (nSPS) is 10.7. The van der Waals surface area contributed by atoms with E-state index in [0.29, 0.717) is 17.7 Å². The van der Waals surface area contributed by atoms with E-state index < -0.39 is 5.82 Å². The van der Waals surface area contributed by atoms with Crippen molar-refractivity contribution in [3.8, 4) is 16.9 Å². The smallest absolute Gasteiger partial charge is 0.172 e. The fourth-order valence-electron chi connectivity index (χ4n) is 2.15. The molecular weight excluding hydrogens is 305 g/mol. The Balaban J connectivity index is 2.20. The second kappa shape index (κ2) is 5.69. The summed E-state index contributed by atoms with van der Waals surface area (Å²) in [7, 11) is 0. The maximum Gasteiger partial charge on any atom is 0.172 e. The molecule has 0 aliphatic heterocycles. The highest BCUT2D eigenvalue weighted by Gasteiger charge is 2.16. The Labute approximate surface area is 131 Å². The number of hydrogen-bond acceptors (Lipinski definition) is 3. The molecule has 0 bridgehead atoms. The zero-order chi connectivity index (χ0) is 15.7. The number of aryl methyl sites for hydroxylation is 1. The molecule has 0 fully saturated rings. The van der Waals surface area contributed by atoms with Crippen LogP contribution in [0.25, 0.3) is 16.9 Å². The molecule has 2 aromatic carbocycles. The van der Waals surface area contributed by atoms with Crippen LogP contribution >= 0.6 is 11.6 Å². The molecule has 0 saturated heterocycles. The second-order valence-electron chi connectivity index (χ2n) is 4.82. The third kappa shape index (κ3) is 2.51. The van der Waals surface area contributed by atoms with Gasteiger partial charge in [0.05, 0.1) is 10.7 Å². The van der Waals surface area contributed by atoms with Crippen molar-refractivity contribution in [3.63, 3.8) is 0 Å². The lowest BCUT2D eigenvalue weighted by atomic mass is 10.1. The van der Waals surface area contributed by atoms with Crippen LogP contribution in [0.4, 0.5) is 4.39 Å². The first-order chi connectivity index (χ1) is 10.6. The highest BCUT2D eigenvalue weighted by atomic mass is 35.5. The van der Waals surface area contributed by atoms with Crippen molar-refractivity contribution in [3.05, 3.63) is 64.6 Å². The van der Waals surface area contributed by atoms with Crippen LogP contribution in [0.3, 0.4) is 0 Å². The van der Waals surface area contributed by atoms with Gasteiger partial charge in [0.1, 0.15) is 11.5 Å². The van der Waals surface area contributed by atoms with Crippen LogP contribution in [0.1, 0.15) is 16.1 Å². The fourth-order valence-corrected chi connectivity index (χ4v) is 2.33. The topological polar surface area (TPSA) is 47.8 Å². The van der Waals surface area contributed by atoms with E-state index in [9.17, 15) is 9.18 Å².